The van der Waals surface area contributed by atoms with Crippen molar-refractivity contribution in [3.63, 3.8) is 0 Å². The third-order valence-corrected chi connectivity index (χ3v) is 4.68. The number of fused-ring (bicyclic) bond motifs is 1. The molecule has 20 heavy (non-hydrogen) atoms. The molecule has 0 bridgehead atoms. The van der Waals surface area contributed by atoms with Crippen molar-refractivity contribution in [2.75, 3.05) is 5.32 Å². The van der Waals surface area contributed by atoms with E-state index in [4.69, 9.17) is 0 Å². The first-order valence-corrected chi connectivity index (χ1v) is 7.86. The second kappa shape index (κ2) is 5.82. The second-order valence-corrected chi connectivity index (χ2v) is 6.02. The fourth-order valence-electron chi connectivity index (χ4n) is 3.35. The number of allylic oxidation sites excluding steroid dienone is 2. The van der Waals surface area contributed by atoms with Crippen LogP contribution >= 0.6 is 0 Å². The summed E-state index contributed by atoms with van der Waals surface area (Å²) in [5.74, 6) is 1.48. The van der Waals surface area contributed by atoms with Gasteiger partial charge in [-0.15, -0.1) is 0 Å². The molecule has 0 spiro atoms. The van der Waals surface area contributed by atoms with E-state index in [1.54, 1.807) is 0 Å². The lowest BCUT2D eigenvalue weighted by Gasteiger charge is -2.05. The monoisotopic (exact) mass is 269 g/mol. The molecule has 1 aromatic rings. The molecule has 0 radical (unpaired) electrons. The van der Waals surface area contributed by atoms with E-state index in [2.05, 4.69) is 36.5 Å². The molecule has 3 rings (SSSR count). The molecule has 1 fully saturated rings. The van der Waals surface area contributed by atoms with Crippen molar-refractivity contribution in [2.45, 2.75) is 39.0 Å². The number of nitrogens with one attached hydrogen (secondary N) is 1. The highest BCUT2D eigenvalue weighted by atomic mass is 16.2. The van der Waals surface area contributed by atoms with Gasteiger partial charge in [-0.3, -0.25) is 4.79 Å². The minimum atomic E-state index is 0.204. The average Bonchev–Trinajstić information content (AvgIpc) is 3.11. The zero-order valence-electron chi connectivity index (χ0n) is 12.1. The Kier molecular flexibility index (Phi) is 3.90. The van der Waals surface area contributed by atoms with Gasteiger partial charge in [-0.05, 0) is 55.2 Å². The highest BCUT2D eigenvalue weighted by Gasteiger charge is 2.52. The number of anilines is 1. The quantitative estimate of drug-likeness (QED) is 0.819. The van der Waals surface area contributed by atoms with Crippen molar-refractivity contribution in [3.05, 3.63) is 42.0 Å². The smallest absolute Gasteiger partial charge is 0.228 e. The van der Waals surface area contributed by atoms with Crippen LogP contribution in [-0.4, -0.2) is 5.91 Å². The Morgan fingerprint density at radius 3 is 2.80 bits per heavy atom. The van der Waals surface area contributed by atoms with E-state index in [9.17, 15) is 4.79 Å². The summed E-state index contributed by atoms with van der Waals surface area (Å²) in [5.41, 5.74) is 2.23. The molecular formula is C18H23NO. The second-order valence-electron chi connectivity index (χ2n) is 6.02. The topological polar surface area (TPSA) is 29.1 Å². The maximum absolute atomic E-state index is 12.4. The Morgan fingerprint density at radius 1 is 1.25 bits per heavy atom. The first-order chi connectivity index (χ1) is 9.79. The molecule has 0 saturated heterocycles. The highest BCUT2D eigenvalue weighted by molar-refractivity contribution is 5.95. The van der Waals surface area contributed by atoms with Gasteiger partial charge in [0.2, 0.25) is 5.91 Å². The van der Waals surface area contributed by atoms with E-state index in [0.29, 0.717) is 11.8 Å². The molecule has 1 aromatic carbocycles. The maximum Gasteiger partial charge on any atom is 0.228 e. The van der Waals surface area contributed by atoms with Crippen molar-refractivity contribution in [2.24, 2.45) is 17.8 Å². The van der Waals surface area contributed by atoms with Crippen LogP contribution in [0.4, 0.5) is 5.69 Å². The molecule has 3 unspecified atom stereocenters. The van der Waals surface area contributed by atoms with Gasteiger partial charge < -0.3 is 5.32 Å². The normalized spacial score (nSPS) is 29.8. The molecular weight excluding hydrogens is 246 g/mol. The number of hydrogen-bond acceptors (Lipinski definition) is 1. The van der Waals surface area contributed by atoms with E-state index >= 15 is 0 Å². The largest absolute Gasteiger partial charge is 0.326 e. The standard InChI is InChI=1S/C18H23NO/c1-2-13-9-11-14(12-10-13)19-18(20)17-15-7-5-3-4-6-8-16(15)17/h5,7,9-12,15-17H,2-4,6,8H2,1H3,(H,19,20)/b7-5-. The van der Waals surface area contributed by atoms with Crippen molar-refractivity contribution >= 4 is 11.6 Å². The van der Waals surface area contributed by atoms with Gasteiger partial charge in [-0.1, -0.05) is 37.6 Å². The van der Waals surface area contributed by atoms with Gasteiger partial charge in [0.05, 0.1) is 0 Å². The van der Waals surface area contributed by atoms with E-state index in [1.807, 2.05) is 12.1 Å². The Balaban J connectivity index is 1.62. The summed E-state index contributed by atoms with van der Waals surface area (Å²) >= 11 is 0. The van der Waals surface area contributed by atoms with Crippen molar-refractivity contribution in [1.29, 1.82) is 0 Å². The molecule has 1 saturated carbocycles. The summed E-state index contributed by atoms with van der Waals surface area (Å²) in [4.78, 5) is 12.4. The minimum absolute atomic E-state index is 0.204. The molecule has 2 aliphatic carbocycles. The molecule has 1 amide bonds. The third kappa shape index (κ3) is 2.79. The van der Waals surface area contributed by atoms with Crippen LogP contribution in [0.25, 0.3) is 0 Å². The van der Waals surface area contributed by atoms with Gasteiger partial charge in [0.25, 0.3) is 0 Å². The predicted molar refractivity (Wildman–Crippen MR) is 82.5 cm³/mol. The van der Waals surface area contributed by atoms with Crippen LogP contribution in [0.3, 0.4) is 0 Å². The lowest BCUT2D eigenvalue weighted by atomic mass is 10.1. The third-order valence-electron chi connectivity index (χ3n) is 4.68. The summed E-state index contributed by atoms with van der Waals surface area (Å²) in [6.45, 7) is 2.14. The van der Waals surface area contributed by atoms with Crippen molar-refractivity contribution in [3.8, 4) is 0 Å². The van der Waals surface area contributed by atoms with Gasteiger partial charge in [0, 0.05) is 11.6 Å². The number of hydrogen-bond donors (Lipinski definition) is 1. The Hall–Kier alpha value is -1.57. The predicted octanol–water partition coefficient (Wildman–Crippen LogP) is 4.18. The first-order valence-electron chi connectivity index (χ1n) is 7.86. The number of amides is 1. The van der Waals surface area contributed by atoms with Gasteiger partial charge in [-0.25, -0.2) is 0 Å². The molecule has 0 aliphatic heterocycles. The first kappa shape index (κ1) is 13.4. The zero-order valence-corrected chi connectivity index (χ0v) is 12.1. The number of rotatable bonds is 3. The zero-order chi connectivity index (χ0) is 13.9. The molecule has 2 heteroatoms. The molecule has 0 aromatic heterocycles. The molecule has 2 nitrogen and oxygen atoms in total. The van der Waals surface area contributed by atoms with E-state index in [-0.39, 0.29) is 11.8 Å². The van der Waals surface area contributed by atoms with Gasteiger partial charge in [0.15, 0.2) is 0 Å². The SMILES string of the molecule is CCc1ccc(NC(=O)C2C3/C=C\CCCCC32)cc1. The average molecular weight is 269 g/mol. The maximum atomic E-state index is 12.4. The number of carbonyl (C=O) groups is 1. The van der Waals surface area contributed by atoms with Crippen LogP contribution in [0.1, 0.15) is 38.2 Å². The van der Waals surface area contributed by atoms with Crippen LogP contribution in [0.2, 0.25) is 0 Å². The molecule has 1 N–H and O–H groups in total. The molecule has 2 aliphatic rings. The minimum Gasteiger partial charge on any atom is -0.326 e. The number of aryl methyl sites for hydroxylation is 1. The lowest BCUT2D eigenvalue weighted by molar-refractivity contribution is -0.117. The van der Waals surface area contributed by atoms with Crippen LogP contribution in [0, 0.1) is 17.8 Å². The molecule has 0 heterocycles. The Labute approximate surface area is 121 Å². The van der Waals surface area contributed by atoms with Crippen LogP contribution < -0.4 is 5.32 Å². The van der Waals surface area contributed by atoms with Gasteiger partial charge in [0.1, 0.15) is 0 Å². The molecule has 106 valence electrons. The Morgan fingerprint density at radius 2 is 2.05 bits per heavy atom. The number of benzene rings is 1. The summed E-state index contributed by atoms with van der Waals surface area (Å²) in [6.07, 6.45) is 10.5. The fraction of sp³-hybridized carbons (Fsp3) is 0.500. The highest BCUT2D eigenvalue weighted by Crippen LogP contribution is 2.51. The van der Waals surface area contributed by atoms with Crippen LogP contribution in [0.5, 0.6) is 0 Å². The summed E-state index contributed by atoms with van der Waals surface area (Å²) in [7, 11) is 0. The van der Waals surface area contributed by atoms with E-state index in [0.717, 1.165) is 12.1 Å². The fourth-order valence-corrected chi connectivity index (χ4v) is 3.35. The molecule has 3 atom stereocenters. The van der Waals surface area contributed by atoms with Gasteiger partial charge >= 0.3 is 0 Å². The van der Waals surface area contributed by atoms with Gasteiger partial charge in [-0.2, -0.15) is 0 Å². The number of carbonyl (C=O) groups excluding carboxylic acids is 1. The van der Waals surface area contributed by atoms with Crippen molar-refractivity contribution < 1.29 is 4.79 Å². The lowest BCUT2D eigenvalue weighted by Crippen LogP contribution is -2.15. The summed E-state index contributed by atoms with van der Waals surface area (Å²) in [5, 5.41) is 3.08. The summed E-state index contributed by atoms with van der Waals surface area (Å²) in [6, 6.07) is 8.20. The summed E-state index contributed by atoms with van der Waals surface area (Å²) < 4.78 is 0. The van der Waals surface area contributed by atoms with E-state index < -0.39 is 0 Å². The van der Waals surface area contributed by atoms with Crippen LogP contribution in [-0.2, 0) is 11.2 Å². The van der Waals surface area contributed by atoms with Crippen molar-refractivity contribution in [1.82, 2.24) is 0 Å². The van der Waals surface area contributed by atoms with E-state index in [1.165, 1.54) is 31.2 Å². The van der Waals surface area contributed by atoms with Crippen LogP contribution in [0.15, 0.2) is 36.4 Å². The Bertz CT molecular complexity index is 503.